The van der Waals surface area contributed by atoms with E-state index in [0.29, 0.717) is 5.56 Å². The minimum Gasteiger partial charge on any atom is -0.196 e. The predicted molar refractivity (Wildman–Crippen MR) is 50.5 cm³/mol. The molecule has 0 spiro atoms. The minimum absolute atomic E-state index is 0.285. The van der Waals surface area contributed by atoms with Gasteiger partial charge in [0.1, 0.15) is 0 Å². The van der Waals surface area contributed by atoms with Gasteiger partial charge in [0, 0.05) is 6.42 Å². The summed E-state index contributed by atoms with van der Waals surface area (Å²) in [7, 11) is 0. The summed E-state index contributed by atoms with van der Waals surface area (Å²) in [6.07, 6.45) is -6.95. The summed E-state index contributed by atoms with van der Waals surface area (Å²) in [5.74, 6) is -4.61. The van der Waals surface area contributed by atoms with Crippen molar-refractivity contribution in [2.45, 2.75) is 31.9 Å². The average molecular weight is 238 g/mol. The molecule has 1 rings (SSSR count). The van der Waals surface area contributed by atoms with Crippen molar-refractivity contribution in [2.75, 3.05) is 0 Å². The lowest BCUT2D eigenvalue weighted by molar-refractivity contribution is -0.284. The number of benzene rings is 1. The highest BCUT2D eigenvalue weighted by atomic mass is 19.4. The van der Waals surface area contributed by atoms with Gasteiger partial charge in [-0.25, -0.2) is 0 Å². The van der Waals surface area contributed by atoms with Crippen molar-refractivity contribution < 1.29 is 22.0 Å². The van der Waals surface area contributed by atoms with E-state index >= 15 is 0 Å². The highest BCUT2D eigenvalue weighted by molar-refractivity contribution is 5.21. The lowest BCUT2D eigenvalue weighted by Gasteiger charge is -2.19. The normalized spacial score (nSPS) is 12.9. The number of rotatable bonds is 3. The molecular weight excluding hydrogens is 227 g/mol. The standard InChI is InChI=1S/C11H11F5/c1-8-2-4-9(5-3-8)6-7-10(12,13)11(14,15)16/h2-5H,6-7H2,1H3. The molecule has 0 atom stereocenters. The Morgan fingerprint density at radius 2 is 1.44 bits per heavy atom. The van der Waals surface area contributed by atoms with E-state index in [-0.39, 0.29) is 6.42 Å². The smallest absolute Gasteiger partial charge is 0.196 e. The average Bonchev–Trinajstić information content (AvgIpc) is 2.15. The summed E-state index contributed by atoms with van der Waals surface area (Å²) in [5.41, 5.74) is 1.42. The predicted octanol–water partition coefficient (Wildman–Crippen LogP) is 4.13. The van der Waals surface area contributed by atoms with Crippen LogP contribution in [0, 0.1) is 6.92 Å². The second-order valence-electron chi connectivity index (χ2n) is 3.69. The number of alkyl halides is 5. The molecule has 16 heavy (non-hydrogen) atoms. The van der Waals surface area contributed by atoms with Crippen LogP contribution in [0.15, 0.2) is 24.3 Å². The fourth-order valence-electron chi connectivity index (χ4n) is 1.20. The van der Waals surface area contributed by atoms with Gasteiger partial charge in [-0.3, -0.25) is 0 Å². The fraction of sp³-hybridized carbons (Fsp3) is 0.455. The van der Waals surface area contributed by atoms with Gasteiger partial charge in [-0.15, -0.1) is 0 Å². The molecule has 0 aromatic heterocycles. The molecule has 90 valence electrons. The Morgan fingerprint density at radius 1 is 0.938 bits per heavy atom. The summed E-state index contributed by atoms with van der Waals surface area (Å²) in [6, 6.07) is 6.48. The second kappa shape index (κ2) is 4.39. The first kappa shape index (κ1) is 12.9. The van der Waals surface area contributed by atoms with E-state index in [4.69, 9.17) is 0 Å². The number of hydrogen-bond acceptors (Lipinski definition) is 0. The zero-order chi connectivity index (χ0) is 12.4. The monoisotopic (exact) mass is 238 g/mol. The molecule has 0 aliphatic heterocycles. The van der Waals surface area contributed by atoms with E-state index in [2.05, 4.69) is 0 Å². The van der Waals surface area contributed by atoms with Gasteiger partial charge in [0.25, 0.3) is 0 Å². The molecule has 0 fully saturated rings. The summed E-state index contributed by atoms with van der Waals surface area (Å²) in [6.45, 7) is 1.81. The third kappa shape index (κ3) is 3.18. The molecule has 0 unspecified atom stereocenters. The molecule has 0 saturated carbocycles. The molecular formula is C11H11F5. The van der Waals surface area contributed by atoms with Gasteiger partial charge in [-0.05, 0) is 18.9 Å². The van der Waals surface area contributed by atoms with Crippen LogP contribution < -0.4 is 0 Å². The van der Waals surface area contributed by atoms with Crippen molar-refractivity contribution in [3.05, 3.63) is 35.4 Å². The van der Waals surface area contributed by atoms with Crippen LogP contribution in [0.5, 0.6) is 0 Å². The van der Waals surface area contributed by atoms with Crippen LogP contribution in [0.3, 0.4) is 0 Å². The largest absolute Gasteiger partial charge is 0.453 e. The van der Waals surface area contributed by atoms with Crippen molar-refractivity contribution in [2.24, 2.45) is 0 Å². The van der Waals surface area contributed by atoms with E-state index in [1.54, 1.807) is 24.3 Å². The summed E-state index contributed by atoms with van der Waals surface area (Å²) >= 11 is 0. The summed E-state index contributed by atoms with van der Waals surface area (Å²) < 4.78 is 60.7. The summed E-state index contributed by atoms with van der Waals surface area (Å²) in [4.78, 5) is 0. The molecule has 1 aromatic carbocycles. The lowest BCUT2D eigenvalue weighted by Crippen LogP contribution is -2.36. The van der Waals surface area contributed by atoms with Crippen molar-refractivity contribution in [3.8, 4) is 0 Å². The Morgan fingerprint density at radius 3 is 1.88 bits per heavy atom. The van der Waals surface area contributed by atoms with Crippen LogP contribution in [0.2, 0.25) is 0 Å². The SMILES string of the molecule is Cc1ccc(CCC(F)(F)C(F)(F)F)cc1. The molecule has 0 radical (unpaired) electrons. The molecule has 0 N–H and O–H groups in total. The van der Waals surface area contributed by atoms with Gasteiger partial charge in [0.05, 0.1) is 0 Å². The van der Waals surface area contributed by atoms with Crippen LogP contribution in [-0.4, -0.2) is 12.1 Å². The maximum absolute atomic E-state index is 12.6. The fourth-order valence-corrected chi connectivity index (χ4v) is 1.20. The first-order valence-electron chi connectivity index (χ1n) is 4.72. The zero-order valence-electron chi connectivity index (χ0n) is 8.61. The van der Waals surface area contributed by atoms with Crippen molar-refractivity contribution in [3.63, 3.8) is 0 Å². The van der Waals surface area contributed by atoms with E-state index in [0.717, 1.165) is 5.56 Å². The van der Waals surface area contributed by atoms with Crippen molar-refractivity contribution in [1.82, 2.24) is 0 Å². The Bertz CT molecular complexity index is 336. The van der Waals surface area contributed by atoms with Gasteiger partial charge in [0.2, 0.25) is 0 Å². The Labute approximate surface area is 90.1 Å². The number of aryl methyl sites for hydroxylation is 2. The highest BCUT2D eigenvalue weighted by Gasteiger charge is 2.56. The van der Waals surface area contributed by atoms with Gasteiger partial charge >= 0.3 is 12.1 Å². The molecule has 0 aliphatic rings. The van der Waals surface area contributed by atoms with Crippen molar-refractivity contribution in [1.29, 1.82) is 0 Å². The van der Waals surface area contributed by atoms with Gasteiger partial charge in [-0.1, -0.05) is 29.8 Å². The quantitative estimate of drug-likeness (QED) is 0.695. The van der Waals surface area contributed by atoms with Crippen LogP contribution >= 0.6 is 0 Å². The van der Waals surface area contributed by atoms with Crippen LogP contribution in [0.25, 0.3) is 0 Å². The molecule has 0 heterocycles. The maximum Gasteiger partial charge on any atom is 0.453 e. The third-order valence-electron chi connectivity index (χ3n) is 2.26. The van der Waals surface area contributed by atoms with E-state index in [1.807, 2.05) is 6.92 Å². The van der Waals surface area contributed by atoms with Crippen LogP contribution in [-0.2, 0) is 6.42 Å². The van der Waals surface area contributed by atoms with Gasteiger partial charge < -0.3 is 0 Å². The molecule has 0 aliphatic carbocycles. The van der Waals surface area contributed by atoms with Crippen LogP contribution in [0.1, 0.15) is 17.5 Å². The Kier molecular flexibility index (Phi) is 3.55. The van der Waals surface area contributed by atoms with Crippen LogP contribution in [0.4, 0.5) is 22.0 Å². The molecule has 1 aromatic rings. The molecule has 0 amide bonds. The molecule has 0 bridgehead atoms. The third-order valence-corrected chi connectivity index (χ3v) is 2.26. The topological polar surface area (TPSA) is 0 Å². The number of halogens is 5. The van der Waals surface area contributed by atoms with Crippen molar-refractivity contribution >= 4 is 0 Å². The minimum atomic E-state index is -5.46. The molecule has 0 nitrogen and oxygen atoms in total. The molecule has 5 heteroatoms. The van der Waals surface area contributed by atoms with E-state index in [1.165, 1.54) is 0 Å². The van der Waals surface area contributed by atoms with Gasteiger partial charge in [0.15, 0.2) is 0 Å². The van der Waals surface area contributed by atoms with E-state index in [9.17, 15) is 22.0 Å². The molecule has 0 saturated heterocycles. The maximum atomic E-state index is 12.6. The first-order valence-corrected chi connectivity index (χ1v) is 4.72. The highest BCUT2D eigenvalue weighted by Crippen LogP contribution is 2.38. The van der Waals surface area contributed by atoms with E-state index < -0.39 is 18.5 Å². The Balaban J connectivity index is 2.61. The summed E-state index contributed by atoms with van der Waals surface area (Å²) in [5, 5.41) is 0. The van der Waals surface area contributed by atoms with Gasteiger partial charge in [-0.2, -0.15) is 22.0 Å². The first-order chi connectivity index (χ1) is 7.22. The second-order valence-corrected chi connectivity index (χ2v) is 3.69. The lowest BCUT2D eigenvalue weighted by atomic mass is 10.0. The Hall–Kier alpha value is -1.13. The zero-order valence-corrected chi connectivity index (χ0v) is 8.61. The number of hydrogen-bond donors (Lipinski definition) is 0.